The van der Waals surface area contributed by atoms with Gasteiger partial charge in [0.15, 0.2) is 0 Å². The van der Waals surface area contributed by atoms with E-state index in [1.807, 2.05) is 0 Å². The quantitative estimate of drug-likeness (QED) is 0.649. The van der Waals surface area contributed by atoms with Gasteiger partial charge in [-0.25, -0.2) is 0 Å². The highest BCUT2D eigenvalue weighted by molar-refractivity contribution is 9.09. The van der Waals surface area contributed by atoms with Gasteiger partial charge in [-0.3, -0.25) is 0 Å². The molecular weight excluding hydrogens is 252 g/mol. The van der Waals surface area contributed by atoms with Crippen LogP contribution >= 0.6 is 15.9 Å². The van der Waals surface area contributed by atoms with Crippen LogP contribution in [0.25, 0.3) is 0 Å². The van der Waals surface area contributed by atoms with Crippen LogP contribution in [-0.2, 0) is 4.74 Å². The van der Waals surface area contributed by atoms with Crippen LogP contribution in [0, 0.1) is 5.41 Å². The summed E-state index contributed by atoms with van der Waals surface area (Å²) in [5, 5.41) is 1.01. The van der Waals surface area contributed by atoms with Gasteiger partial charge in [-0.15, -0.1) is 0 Å². The zero-order valence-electron chi connectivity index (χ0n) is 10.0. The Morgan fingerprint density at radius 1 is 1.13 bits per heavy atom. The third-order valence-corrected chi connectivity index (χ3v) is 4.98. The second-order valence-electron chi connectivity index (χ2n) is 6.13. The molecule has 1 nitrogen and oxygen atoms in total. The highest BCUT2D eigenvalue weighted by Crippen LogP contribution is 2.46. The average molecular weight is 275 g/mol. The fraction of sp³-hybridized carbons (Fsp3) is 1.00. The van der Waals surface area contributed by atoms with Crippen molar-refractivity contribution in [1.82, 2.24) is 0 Å². The van der Waals surface area contributed by atoms with Gasteiger partial charge in [0.1, 0.15) is 0 Å². The first-order valence-electron chi connectivity index (χ1n) is 6.29. The summed E-state index contributed by atoms with van der Waals surface area (Å²) < 4.78 is 6.31. The Morgan fingerprint density at radius 3 is 2.40 bits per heavy atom. The van der Waals surface area contributed by atoms with E-state index in [-0.39, 0.29) is 5.60 Å². The molecule has 1 spiro atoms. The van der Waals surface area contributed by atoms with Crippen molar-refractivity contribution in [2.24, 2.45) is 5.41 Å². The first kappa shape index (κ1) is 11.9. The minimum absolute atomic E-state index is 0.256. The maximum atomic E-state index is 6.31. The lowest BCUT2D eigenvalue weighted by molar-refractivity contribution is -0.148. The zero-order chi connectivity index (χ0) is 10.9. The number of ether oxygens (including phenoxy) is 1. The Kier molecular flexibility index (Phi) is 3.47. The van der Waals surface area contributed by atoms with E-state index in [0.717, 1.165) is 5.33 Å². The van der Waals surface area contributed by atoms with Crippen LogP contribution in [0.3, 0.4) is 0 Å². The molecule has 0 bridgehead atoms. The molecular formula is C13H23BrO. The molecule has 1 atom stereocenters. The molecule has 1 aliphatic carbocycles. The molecule has 0 aromatic rings. The van der Waals surface area contributed by atoms with Crippen molar-refractivity contribution in [2.45, 2.75) is 70.5 Å². The fourth-order valence-corrected chi connectivity index (χ4v) is 3.44. The molecule has 1 unspecified atom stereocenters. The van der Waals surface area contributed by atoms with Crippen molar-refractivity contribution in [3.05, 3.63) is 0 Å². The van der Waals surface area contributed by atoms with Gasteiger partial charge in [-0.05, 0) is 50.4 Å². The van der Waals surface area contributed by atoms with Crippen LogP contribution in [0.2, 0.25) is 0 Å². The average Bonchev–Trinajstić information content (AvgIpc) is 2.24. The van der Waals surface area contributed by atoms with Crippen LogP contribution in [0.5, 0.6) is 0 Å². The summed E-state index contributed by atoms with van der Waals surface area (Å²) in [4.78, 5) is 0. The Hall–Kier alpha value is 0.440. The minimum Gasteiger partial charge on any atom is -0.371 e. The largest absolute Gasteiger partial charge is 0.371 e. The molecule has 1 saturated carbocycles. The second-order valence-corrected chi connectivity index (χ2v) is 6.78. The van der Waals surface area contributed by atoms with Gasteiger partial charge in [0.2, 0.25) is 0 Å². The number of alkyl halides is 1. The smallest absolute Gasteiger partial charge is 0.0687 e. The Morgan fingerprint density at radius 2 is 1.80 bits per heavy atom. The van der Waals surface area contributed by atoms with E-state index in [9.17, 15) is 0 Å². The fourth-order valence-electron chi connectivity index (χ4n) is 2.98. The molecule has 1 saturated heterocycles. The predicted molar refractivity (Wildman–Crippen MR) is 67.5 cm³/mol. The van der Waals surface area contributed by atoms with E-state index in [0.29, 0.717) is 11.5 Å². The van der Waals surface area contributed by atoms with E-state index in [4.69, 9.17) is 4.74 Å². The third kappa shape index (κ3) is 2.76. The SMILES string of the molecule is CC1(C)CCC2(CCCC(CBr)O2)CC1. The third-order valence-electron chi connectivity index (χ3n) is 4.26. The summed E-state index contributed by atoms with van der Waals surface area (Å²) in [6.45, 7) is 4.79. The summed E-state index contributed by atoms with van der Waals surface area (Å²) in [5.74, 6) is 0. The van der Waals surface area contributed by atoms with Gasteiger partial charge in [0.25, 0.3) is 0 Å². The summed E-state index contributed by atoms with van der Waals surface area (Å²) >= 11 is 3.56. The van der Waals surface area contributed by atoms with Gasteiger partial charge in [0.05, 0.1) is 11.7 Å². The van der Waals surface area contributed by atoms with Crippen molar-refractivity contribution >= 4 is 15.9 Å². The van der Waals surface area contributed by atoms with Crippen LogP contribution in [0.1, 0.15) is 58.8 Å². The van der Waals surface area contributed by atoms with Crippen molar-refractivity contribution in [3.63, 3.8) is 0 Å². The lowest BCUT2D eigenvalue weighted by atomic mass is 9.68. The van der Waals surface area contributed by atoms with Gasteiger partial charge in [-0.1, -0.05) is 29.8 Å². The molecule has 0 aromatic heterocycles. The summed E-state index contributed by atoms with van der Waals surface area (Å²) in [6, 6.07) is 0. The molecule has 0 amide bonds. The minimum atomic E-state index is 0.256. The van der Waals surface area contributed by atoms with Crippen molar-refractivity contribution in [3.8, 4) is 0 Å². The summed E-state index contributed by atoms with van der Waals surface area (Å²) in [7, 11) is 0. The zero-order valence-corrected chi connectivity index (χ0v) is 11.6. The molecule has 0 radical (unpaired) electrons. The molecule has 2 heteroatoms. The van der Waals surface area contributed by atoms with Gasteiger partial charge >= 0.3 is 0 Å². The second kappa shape index (κ2) is 4.37. The first-order valence-corrected chi connectivity index (χ1v) is 7.41. The standard InChI is InChI=1S/C13H23BrO/c1-12(2)6-8-13(9-7-12)5-3-4-11(10-14)15-13/h11H,3-10H2,1-2H3. The number of hydrogen-bond donors (Lipinski definition) is 0. The monoisotopic (exact) mass is 274 g/mol. The summed E-state index contributed by atoms with van der Waals surface area (Å²) in [5.41, 5.74) is 0.808. The van der Waals surface area contributed by atoms with Gasteiger partial charge in [0, 0.05) is 5.33 Å². The van der Waals surface area contributed by atoms with Crippen LogP contribution < -0.4 is 0 Å². The normalized spacial score (nSPS) is 34.2. The van der Waals surface area contributed by atoms with Crippen LogP contribution in [-0.4, -0.2) is 17.0 Å². The Labute approximate surface area is 102 Å². The van der Waals surface area contributed by atoms with Crippen molar-refractivity contribution in [2.75, 3.05) is 5.33 Å². The molecule has 1 aliphatic heterocycles. The molecule has 0 aromatic carbocycles. The van der Waals surface area contributed by atoms with E-state index in [1.165, 1.54) is 44.9 Å². The van der Waals surface area contributed by atoms with Crippen LogP contribution in [0.15, 0.2) is 0 Å². The summed E-state index contributed by atoms with van der Waals surface area (Å²) in [6.07, 6.45) is 9.61. The van der Waals surface area contributed by atoms with Crippen LogP contribution in [0.4, 0.5) is 0 Å². The van der Waals surface area contributed by atoms with Gasteiger partial charge < -0.3 is 4.74 Å². The van der Waals surface area contributed by atoms with E-state index in [1.54, 1.807) is 0 Å². The van der Waals surface area contributed by atoms with Crippen molar-refractivity contribution in [1.29, 1.82) is 0 Å². The Bertz CT molecular complexity index is 215. The Balaban J connectivity index is 1.96. The molecule has 2 rings (SSSR count). The topological polar surface area (TPSA) is 9.23 Å². The van der Waals surface area contributed by atoms with Gasteiger partial charge in [-0.2, -0.15) is 0 Å². The first-order chi connectivity index (χ1) is 7.05. The lowest BCUT2D eigenvalue weighted by Crippen LogP contribution is -2.45. The predicted octanol–water partition coefficient (Wildman–Crippen LogP) is 4.29. The molecule has 2 fully saturated rings. The van der Waals surface area contributed by atoms with E-state index in [2.05, 4.69) is 29.8 Å². The molecule has 0 N–H and O–H groups in total. The highest BCUT2D eigenvalue weighted by atomic mass is 79.9. The van der Waals surface area contributed by atoms with E-state index < -0.39 is 0 Å². The molecule has 2 aliphatic rings. The maximum absolute atomic E-state index is 6.31. The lowest BCUT2D eigenvalue weighted by Gasteiger charge is -2.47. The molecule has 15 heavy (non-hydrogen) atoms. The maximum Gasteiger partial charge on any atom is 0.0687 e. The number of halogens is 1. The molecule has 1 heterocycles. The number of hydrogen-bond acceptors (Lipinski definition) is 1. The van der Waals surface area contributed by atoms with Crippen molar-refractivity contribution < 1.29 is 4.74 Å². The van der Waals surface area contributed by atoms with E-state index >= 15 is 0 Å². The number of rotatable bonds is 1. The highest BCUT2D eigenvalue weighted by Gasteiger charge is 2.42. The molecule has 88 valence electrons.